The Morgan fingerprint density at radius 2 is 2.00 bits per heavy atom. The number of sulfone groups is 1. The highest BCUT2D eigenvalue weighted by molar-refractivity contribution is 7.91. The molecule has 0 saturated carbocycles. The van der Waals surface area contributed by atoms with E-state index in [4.69, 9.17) is 0 Å². The molecule has 0 aliphatic heterocycles. The molecule has 0 fully saturated rings. The van der Waals surface area contributed by atoms with Crippen molar-refractivity contribution in [3.8, 4) is 11.3 Å². The van der Waals surface area contributed by atoms with Gasteiger partial charge in [0, 0.05) is 30.2 Å². The molecule has 0 amide bonds. The number of nitrogens with zero attached hydrogens (tertiary/aromatic N) is 4. The molecule has 126 valence electrons. The average Bonchev–Trinajstić information content (AvgIpc) is 2.98. The summed E-state index contributed by atoms with van der Waals surface area (Å²) in [5, 5.41) is 3.43. The molecule has 3 aromatic heterocycles. The third kappa shape index (κ3) is 2.84. The number of hydrogen-bond acceptors (Lipinski definition) is 5. The van der Waals surface area contributed by atoms with E-state index in [9.17, 15) is 21.6 Å². The van der Waals surface area contributed by atoms with Crippen molar-refractivity contribution in [3.63, 3.8) is 0 Å². The monoisotopic (exact) mass is 356 g/mol. The molecule has 0 unspecified atom stereocenters. The molecule has 0 aromatic carbocycles. The molecule has 0 spiro atoms. The van der Waals surface area contributed by atoms with E-state index in [0.29, 0.717) is 0 Å². The maximum atomic E-state index is 12.7. The molecule has 0 bridgehead atoms. The van der Waals surface area contributed by atoms with Crippen LogP contribution in [-0.4, -0.2) is 33.8 Å². The number of fused-ring (bicyclic) bond motifs is 1. The molecule has 0 N–H and O–H groups in total. The summed E-state index contributed by atoms with van der Waals surface area (Å²) in [7, 11) is -3.55. The van der Waals surface area contributed by atoms with Crippen molar-refractivity contribution in [2.75, 3.05) is 5.75 Å². The number of rotatable bonds is 3. The largest absolute Gasteiger partial charge is 0.435 e. The number of hydrogen-bond donors (Lipinski definition) is 0. The van der Waals surface area contributed by atoms with Gasteiger partial charge in [0.15, 0.2) is 21.2 Å². The molecule has 3 heterocycles. The summed E-state index contributed by atoms with van der Waals surface area (Å²) in [5.41, 5.74) is -0.693. The molecular weight excluding hydrogens is 345 g/mol. The van der Waals surface area contributed by atoms with E-state index in [1.54, 1.807) is 0 Å². The average molecular weight is 356 g/mol. The van der Waals surface area contributed by atoms with Crippen molar-refractivity contribution >= 4 is 15.5 Å². The van der Waals surface area contributed by atoms with Gasteiger partial charge < -0.3 is 0 Å². The smallest absolute Gasteiger partial charge is 0.255 e. The Morgan fingerprint density at radius 3 is 2.67 bits per heavy atom. The minimum atomic E-state index is -4.59. The minimum absolute atomic E-state index is 0.00176. The highest BCUT2D eigenvalue weighted by Crippen LogP contribution is 2.30. The van der Waals surface area contributed by atoms with Gasteiger partial charge in [-0.15, -0.1) is 0 Å². The van der Waals surface area contributed by atoms with Gasteiger partial charge in [-0.3, -0.25) is 4.98 Å². The molecule has 3 rings (SSSR count). The molecule has 0 radical (unpaired) electrons. The van der Waals surface area contributed by atoms with Crippen molar-refractivity contribution in [1.29, 1.82) is 0 Å². The molecule has 10 heteroatoms. The first kappa shape index (κ1) is 16.4. The lowest BCUT2D eigenvalue weighted by molar-refractivity contribution is -0.141. The van der Waals surface area contributed by atoms with Crippen LogP contribution in [0.2, 0.25) is 0 Å². The van der Waals surface area contributed by atoms with Crippen LogP contribution in [0.5, 0.6) is 0 Å². The van der Waals surface area contributed by atoms with E-state index in [1.165, 1.54) is 37.6 Å². The van der Waals surface area contributed by atoms with Crippen LogP contribution in [0, 0.1) is 0 Å². The first-order chi connectivity index (χ1) is 11.2. The van der Waals surface area contributed by atoms with E-state index < -0.39 is 21.7 Å². The summed E-state index contributed by atoms with van der Waals surface area (Å²) in [5.74, 6) is -0.124. The van der Waals surface area contributed by atoms with E-state index in [1.807, 2.05) is 0 Å². The van der Waals surface area contributed by atoms with Crippen LogP contribution < -0.4 is 0 Å². The molecular formula is C14H11F3N4O2S. The van der Waals surface area contributed by atoms with E-state index in [2.05, 4.69) is 15.1 Å². The van der Waals surface area contributed by atoms with Crippen LogP contribution in [0.3, 0.4) is 0 Å². The molecule has 0 saturated heterocycles. The van der Waals surface area contributed by atoms with Crippen molar-refractivity contribution in [2.45, 2.75) is 18.0 Å². The van der Waals surface area contributed by atoms with Gasteiger partial charge in [0.2, 0.25) is 0 Å². The SMILES string of the molecule is CCS(=O)(=O)c1cccnc1-c1cnc2cc(C(F)(F)F)nn2c1. The summed E-state index contributed by atoms with van der Waals surface area (Å²) < 4.78 is 63.4. The van der Waals surface area contributed by atoms with Gasteiger partial charge in [0.25, 0.3) is 0 Å². The van der Waals surface area contributed by atoms with Gasteiger partial charge in [-0.1, -0.05) is 6.92 Å². The Balaban J connectivity index is 2.18. The van der Waals surface area contributed by atoms with Crippen LogP contribution in [0.25, 0.3) is 16.9 Å². The van der Waals surface area contributed by atoms with Crippen molar-refractivity contribution in [3.05, 3.63) is 42.5 Å². The zero-order valence-electron chi connectivity index (χ0n) is 12.3. The maximum Gasteiger partial charge on any atom is 0.435 e. The Bertz CT molecular complexity index is 1010. The summed E-state index contributed by atoms with van der Waals surface area (Å²) in [6.07, 6.45) is -0.642. The van der Waals surface area contributed by atoms with Gasteiger partial charge in [-0.25, -0.2) is 17.9 Å². The van der Waals surface area contributed by atoms with E-state index in [-0.39, 0.29) is 27.6 Å². The minimum Gasteiger partial charge on any atom is -0.255 e. The Morgan fingerprint density at radius 1 is 1.25 bits per heavy atom. The number of alkyl halides is 3. The van der Waals surface area contributed by atoms with Gasteiger partial charge >= 0.3 is 6.18 Å². The van der Waals surface area contributed by atoms with Crippen LogP contribution >= 0.6 is 0 Å². The van der Waals surface area contributed by atoms with Gasteiger partial charge in [-0.2, -0.15) is 18.3 Å². The second-order valence-corrected chi connectivity index (χ2v) is 7.17. The Labute approximate surface area is 134 Å². The summed E-state index contributed by atoms with van der Waals surface area (Å²) in [6, 6.07) is 3.69. The highest BCUT2D eigenvalue weighted by atomic mass is 32.2. The zero-order chi connectivity index (χ0) is 17.5. The molecule has 6 nitrogen and oxygen atoms in total. The van der Waals surface area contributed by atoms with Gasteiger partial charge in [-0.05, 0) is 12.1 Å². The second kappa shape index (κ2) is 5.55. The van der Waals surface area contributed by atoms with E-state index >= 15 is 0 Å². The summed E-state index contributed by atoms with van der Waals surface area (Å²) in [4.78, 5) is 7.95. The van der Waals surface area contributed by atoms with Crippen molar-refractivity contribution in [1.82, 2.24) is 19.6 Å². The lowest BCUT2D eigenvalue weighted by atomic mass is 10.2. The fraction of sp³-hybridized carbons (Fsp3) is 0.214. The predicted molar refractivity (Wildman–Crippen MR) is 78.9 cm³/mol. The van der Waals surface area contributed by atoms with Crippen molar-refractivity contribution in [2.24, 2.45) is 0 Å². The lowest BCUT2D eigenvalue weighted by Crippen LogP contribution is -2.07. The van der Waals surface area contributed by atoms with Crippen LogP contribution in [-0.2, 0) is 16.0 Å². The number of aromatic nitrogens is 4. The first-order valence-electron chi connectivity index (χ1n) is 6.83. The summed E-state index contributed by atoms with van der Waals surface area (Å²) in [6.45, 7) is 1.50. The molecule has 0 aliphatic rings. The second-order valence-electron chi connectivity index (χ2n) is 4.93. The van der Waals surface area contributed by atoms with Crippen molar-refractivity contribution < 1.29 is 21.6 Å². The van der Waals surface area contributed by atoms with Crippen LogP contribution in [0.4, 0.5) is 13.2 Å². The fourth-order valence-corrected chi connectivity index (χ4v) is 3.21. The summed E-state index contributed by atoms with van der Waals surface area (Å²) >= 11 is 0. The van der Waals surface area contributed by atoms with E-state index in [0.717, 1.165) is 10.6 Å². The van der Waals surface area contributed by atoms with Crippen LogP contribution in [0.1, 0.15) is 12.6 Å². The molecule has 0 atom stereocenters. The molecule has 0 aliphatic carbocycles. The third-order valence-electron chi connectivity index (χ3n) is 3.36. The first-order valence-corrected chi connectivity index (χ1v) is 8.48. The number of halogens is 3. The fourth-order valence-electron chi connectivity index (χ4n) is 2.15. The topological polar surface area (TPSA) is 77.2 Å². The highest BCUT2D eigenvalue weighted by Gasteiger charge is 2.34. The quantitative estimate of drug-likeness (QED) is 0.721. The van der Waals surface area contributed by atoms with Crippen LogP contribution in [0.15, 0.2) is 41.7 Å². The van der Waals surface area contributed by atoms with Gasteiger partial charge in [0.1, 0.15) is 0 Å². The lowest BCUT2D eigenvalue weighted by Gasteiger charge is -2.08. The standard InChI is InChI=1S/C14H11F3N4O2S/c1-2-24(22,23)10-4-3-5-18-13(10)9-7-19-12-6-11(14(15,16)17)20-21(12)8-9/h3-8H,2H2,1H3. The Hall–Kier alpha value is -2.49. The number of pyridine rings is 1. The zero-order valence-corrected chi connectivity index (χ0v) is 13.1. The third-order valence-corrected chi connectivity index (χ3v) is 5.12. The maximum absolute atomic E-state index is 12.7. The van der Waals surface area contributed by atoms with Gasteiger partial charge in [0.05, 0.1) is 16.3 Å². The Kier molecular flexibility index (Phi) is 3.78. The normalized spacial score (nSPS) is 12.7. The predicted octanol–water partition coefficient (Wildman–Crippen LogP) is 2.60. The molecule has 3 aromatic rings. The molecule has 24 heavy (non-hydrogen) atoms.